The SMILES string of the molecule is CC1(C)c2ccccc2-c2ccc(-c3cc(C4=CC5C(C=C4)c4ccccc4C5(C)C)cc(-c4ccc5c(c4)C(C)(C)c4ccccc4-5)c3)cc21. The van der Waals surface area contributed by atoms with E-state index in [1.54, 1.807) is 0 Å². The molecule has 2 atom stereocenters. The summed E-state index contributed by atoms with van der Waals surface area (Å²) in [6.45, 7) is 14.4. The van der Waals surface area contributed by atoms with E-state index in [0.717, 1.165) is 0 Å². The molecule has 0 saturated heterocycles. The quantitative estimate of drug-likeness (QED) is 0.178. The van der Waals surface area contributed by atoms with Crippen LogP contribution < -0.4 is 0 Å². The van der Waals surface area contributed by atoms with Crippen LogP contribution in [0.25, 0.3) is 50.1 Å². The van der Waals surface area contributed by atoms with Crippen LogP contribution >= 0.6 is 0 Å². The minimum atomic E-state index is -0.0460. The van der Waals surface area contributed by atoms with Crippen LogP contribution in [0.4, 0.5) is 0 Å². The molecule has 0 nitrogen and oxygen atoms in total. The van der Waals surface area contributed by atoms with Crippen LogP contribution in [0.2, 0.25) is 0 Å². The fraction of sp³-hybridized carbons (Fsp3) is 0.216. The van der Waals surface area contributed by atoms with Gasteiger partial charge in [0.2, 0.25) is 0 Å². The highest BCUT2D eigenvalue weighted by Gasteiger charge is 2.45. The summed E-state index contributed by atoms with van der Waals surface area (Å²) >= 11 is 0. The molecule has 2 unspecified atom stereocenters. The van der Waals surface area contributed by atoms with Gasteiger partial charge in [0.1, 0.15) is 0 Å². The Balaban J connectivity index is 1.14. The summed E-state index contributed by atoms with van der Waals surface area (Å²) in [6, 6.07) is 48.6. The van der Waals surface area contributed by atoms with Crippen molar-refractivity contribution in [3.05, 3.63) is 185 Å². The molecule has 0 radical (unpaired) electrons. The third-order valence-electron chi connectivity index (χ3n) is 13.2. The molecule has 248 valence electrons. The molecule has 0 heterocycles. The third-order valence-corrected chi connectivity index (χ3v) is 13.2. The number of hydrogen-bond donors (Lipinski definition) is 0. The molecule has 0 saturated carbocycles. The summed E-state index contributed by atoms with van der Waals surface area (Å²) in [5.74, 6) is 0.837. The van der Waals surface area contributed by atoms with E-state index in [-0.39, 0.29) is 16.2 Å². The van der Waals surface area contributed by atoms with Gasteiger partial charge in [-0.25, -0.2) is 0 Å². The Morgan fingerprint density at radius 2 is 0.882 bits per heavy atom. The molecule has 0 fully saturated rings. The molecule has 4 aliphatic rings. The topological polar surface area (TPSA) is 0 Å². The summed E-state index contributed by atoms with van der Waals surface area (Å²) in [4.78, 5) is 0. The van der Waals surface area contributed by atoms with Crippen molar-refractivity contribution in [3.8, 4) is 44.5 Å². The summed E-state index contributed by atoms with van der Waals surface area (Å²) in [5.41, 5.74) is 21.8. The first kappa shape index (κ1) is 30.6. The van der Waals surface area contributed by atoms with Gasteiger partial charge < -0.3 is 0 Å². The normalized spacial score (nSPS) is 20.5. The Morgan fingerprint density at radius 1 is 0.412 bits per heavy atom. The molecule has 51 heavy (non-hydrogen) atoms. The smallest absolute Gasteiger partial charge is 0.0159 e. The van der Waals surface area contributed by atoms with Crippen LogP contribution in [0.3, 0.4) is 0 Å². The Hall–Kier alpha value is -5.20. The van der Waals surface area contributed by atoms with Crippen LogP contribution in [-0.4, -0.2) is 0 Å². The van der Waals surface area contributed by atoms with Gasteiger partial charge in [-0.3, -0.25) is 0 Å². The lowest BCUT2D eigenvalue weighted by molar-refractivity contribution is 0.395. The molecular formula is C51H44. The van der Waals surface area contributed by atoms with Gasteiger partial charge in [0.15, 0.2) is 0 Å². The van der Waals surface area contributed by atoms with Gasteiger partial charge in [0.05, 0.1) is 0 Å². The Labute approximate surface area is 303 Å². The Morgan fingerprint density at radius 3 is 1.45 bits per heavy atom. The Bertz CT molecular complexity index is 2390. The predicted octanol–water partition coefficient (Wildman–Crippen LogP) is 13.3. The molecule has 6 aromatic carbocycles. The Kier molecular flexibility index (Phi) is 6.26. The predicted molar refractivity (Wildman–Crippen MR) is 215 cm³/mol. The zero-order valence-corrected chi connectivity index (χ0v) is 30.5. The molecule has 10 rings (SSSR count). The fourth-order valence-electron chi connectivity index (χ4n) is 10.3. The lowest BCUT2D eigenvalue weighted by Crippen LogP contribution is -2.25. The first-order valence-corrected chi connectivity index (χ1v) is 18.7. The number of fused-ring (bicyclic) bond motifs is 9. The maximum absolute atomic E-state index is 2.58. The van der Waals surface area contributed by atoms with Gasteiger partial charge in [-0.15, -0.1) is 0 Å². The molecule has 0 bridgehead atoms. The molecule has 4 aliphatic carbocycles. The average Bonchev–Trinajstić information content (AvgIpc) is 3.64. The highest BCUT2D eigenvalue weighted by molar-refractivity contribution is 5.89. The van der Waals surface area contributed by atoms with Gasteiger partial charge in [-0.05, 0) is 131 Å². The summed E-state index contributed by atoms with van der Waals surface area (Å²) < 4.78 is 0. The van der Waals surface area contributed by atoms with Crippen LogP contribution in [-0.2, 0) is 16.2 Å². The van der Waals surface area contributed by atoms with Crippen molar-refractivity contribution in [1.29, 1.82) is 0 Å². The summed E-state index contributed by atoms with van der Waals surface area (Å²) in [7, 11) is 0. The lowest BCUT2D eigenvalue weighted by Gasteiger charge is -2.31. The first-order chi connectivity index (χ1) is 24.5. The van der Waals surface area contributed by atoms with E-state index in [0.29, 0.717) is 11.8 Å². The zero-order chi connectivity index (χ0) is 34.9. The number of hydrogen-bond acceptors (Lipinski definition) is 0. The average molecular weight is 657 g/mol. The second kappa shape index (κ2) is 10.4. The van der Waals surface area contributed by atoms with E-state index in [4.69, 9.17) is 0 Å². The molecule has 0 heteroatoms. The number of benzene rings is 6. The van der Waals surface area contributed by atoms with Crippen molar-refractivity contribution < 1.29 is 0 Å². The van der Waals surface area contributed by atoms with Gasteiger partial charge in [0.25, 0.3) is 0 Å². The molecule has 0 N–H and O–H groups in total. The van der Waals surface area contributed by atoms with Crippen molar-refractivity contribution >= 4 is 5.57 Å². The zero-order valence-electron chi connectivity index (χ0n) is 30.5. The molecule has 0 spiro atoms. The maximum atomic E-state index is 2.58. The van der Waals surface area contributed by atoms with Crippen LogP contribution in [0.15, 0.2) is 146 Å². The van der Waals surface area contributed by atoms with Crippen molar-refractivity contribution in [2.24, 2.45) is 5.92 Å². The minimum absolute atomic E-state index is 0.0460. The van der Waals surface area contributed by atoms with Crippen molar-refractivity contribution in [2.75, 3.05) is 0 Å². The van der Waals surface area contributed by atoms with Gasteiger partial charge in [-0.2, -0.15) is 0 Å². The molecule has 6 aromatic rings. The van der Waals surface area contributed by atoms with Crippen LogP contribution in [0, 0.1) is 5.92 Å². The maximum Gasteiger partial charge on any atom is 0.0159 e. The van der Waals surface area contributed by atoms with Crippen molar-refractivity contribution in [1.82, 2.24) is 0 Å². The van der Waals surface area contributed by atoms with E-state index in [1.807, 2.05) is 0 Å². The molecule has 0 aliphatic heterocycles. The standard InChI is InChI=1S/C51H44/c1-49(2)43-16-10-7-13-37(43)40-22-19-31(28-46(40)49)34-25-35(32-20-23-41-38-14-8-11-17-44(38)50(3,4)47(41)29-32)27-36(26-34)33-21-24-42-39-15-9-12-18-45(39)51(5,6)48(42)30-33/h7-30,40,46H,1-6H3. The van der Waals surface area contributed by atoms with E-state index in [9.17, 15) is 0 Å². The minimum Gasteiger partial charge on any atom is -0.0758 e. The van der Waals surface area contributed by atoms with Gasteiger partial charge in [0, 0.05) is 16.7 Å². The molecule has 0 amide bonds. The summed E-state index contributed by atoms with van der Waals surface area (Å²) in [5, 5.41) is 0. The van der Waals surface area contributed by atoms with E-state index >= 15 is 0 Å². The van der Waals surface area contributed by atoms with E-state index in [2.05, 4.69) is 187 Å². The highest BCUT2D eigenvalue weighted by atomic mass is 14.5. The molecular weight excluding hydrogens is 613 g/mol. The monoisotopic (exact) mass is 656 g/mol. The van der Waals surface area contributed by atoms with Gasteiger partial charge in [-0.1, -0.05) is 157 Å². The number of rotatable bonds is 3. The van der Waals surface area contributed by atoms with Gasteiger partial charge >= 0.3 is 0 Å². The van der Waals surface area contributed by atoms with Crippen LogP contribution in [0.5, 0.6) is 0 Å². The van der Waals surface area contributed by atoms with E-state index < -0.39 is 0 Å². The highest BCUT2D eigenvalue weighted by Crippen LogP contribution is 2.55. The van der Waals surface area contributed by atoms with Crippen molar-refractivity contribution in [3.63, 3.8) is 0 Å². The largest absolute Gasteiger partial charge is 0.0758 e. The third kappa shape index (κ3) is 4.26. The lowest BCUT2D eigenvalue weighted by atomic mass is 9.72. The van der Waals surface area contributed by atoms with Crippen LogP contribution in [0.1, 0.15) is 86.4 Å². The first-order valence-electron chi connectivity index (χ1n) is 18.7. The van der Waals surface area contributed by atoms with Crippen molar-refractivity contribution in [2.45, 2.75) is 63.7 Å². The second-order valence-corrected chi connectivity index (χ2v) is 17.0. The van der Waals surface area contributed by atoms with E-state index in [1.165, 1.54) is 89.0 Å². The molecule has 0 aromatic heterocycles. The fourth-order valence-corrected chi connectivity index (χ4v) is 10.3. The number of allylic oxidation sites excluding steroid dienone is 4. The summed E-state index contributed by atoms with van der Waals surface area (Å²) in [6.07, 6.45) is 7.45. The second-order valence-electron chi connectivity index (χ2n) is 17.0.